The first-order valence-electron chi connectivity index (χ1n) is 5.29. The van der Waals surface area contributed by atoms with E-state index in [1.807, 2.05) is 31.3 Å². The van der Waals surface area contributed by atoms with E-state index in [-0.39, 0.29) is 5.97 Å². The predicted molar refractivity (Wildman–Crippen MR) is 65.4 cm³/mol. The van der Waals surface area contributed by atoms with Gasteiger partial charge in [0.15, 0.2) is 0 Å². The van der Waals surface area contributed by atoms with Gasteiger partial charge >= 0.3 is 5.97 Å². The molecule has 0 aliphatic heterocycles. The maximum absolute atomic E-state index is 10.5. The summed E-state index contributed by atoms with van der Waals surface area (Å²) in [5.74, 6) is -0.227. The van der Waals surface area contributed by atoms with Crippen molar-refractivity contribution in [2.24, 2.45) is 0 Å². The van der Waals surface area contributed by atoms with Crippen molar-refractivity contribution in [2.75, 3.05) is 30.8 Å². The highest BCUT2D eigenvalue weighted by Crippen LogP contribution is 2.14. The zero-order chi connectivity index (χ0) is 12.0. The Bertz CT molecular complexity index is 335. The number of carbonyl (C=O) groups is 1. The van der Waals surface area contributed by atoms with Crippen LogP contribution in [0.3, 0.4) is 0 Å². The normalized spacial score (nSPS) is 9.88. The maximum Gasteiger partial charge on any atom is 0.302 e. The summed E-state index contributed by atoms with van der Waals surface area (Å²) in [6, 6.07) is 7.69. The highest BCUT2D eigenvalue weighted by molar-refractivity contribution is 5.65. The van der Waals surface area contributed by atoms with Crippen LogP contribution < -0.4 is 10.6 Å². The van der Waals surface area contributed by atoms with Crippen LogP contribution in [0.2, 0.25) is 0 Å². The minimum absolute atomic E-state index is 0.227. The molecule has 16 heavy (non-hydrogen) atoms. The topological polar surface area (TPSA) is 55.6 Å². The summed E-state index contributed by atoms with van der Waals surface area (Å²) in [7, 11) is 2.00. The highest BCUT2D eigenvalue weighted by atomic mass is 16.5. The Kier molecular flexibility index (Phi) is 4.64. The SMILES string of the molecule is CC(=O)OCCCN(C)c1ccc(N)cc1. The van der Waals surface area contributed by atoms with Gasteiger partial charge in [0.25, 0.3) is 0 Å². The van der Waals surface area contributed by atoms with E-state index in [4.69, 9.17) is 10.5 Å². The van der Waals surface area contributed by atoms with Crippen LogP contribution in [0.1, 0.15) is 13.3 Å². The molecule has 88 valence electrons. The molecule has 1 aromatic carbocycles. The van der Waals surface area contributed by atoms with Gasteiger partial charge in [-0.3, -0.25) is 4.79 Å². The van der Waals surface area contributed by atoms with Crippen LogP contribution in [-0.4, -0.2) is 26.2 Å². The smallest absolute Gasteiger partial charge is 0.302 e. The molecule has 0 aromatic heterocycles. The molecule has 0 saturated heterocycles. The quantitative estimate of drug-likeness (QED) is 0.467. The van der Waals surface area contributed by atoms with Crippen LogP contribution in [0.15, 0.2) is 24.3 Å². The number of anilines is 2. The Morgan fingerprint density at radius 2 is 2.00 bits per heavy atom. The number of nitrogen functional groups attached to an aromatic ring is 1. The second kappa shape index (κ2) is 6.00. The lowest BCUT2D eigenvalue weighted by molar-refractivity contribution is -0.140. The molecule has 0 unspecified atom stereocenters. The molecule has 0 fully saturated rings. The monoisotopic (exact) mass is 222 g/mol. The van der Waals surface area contributed by atoms with Crippen LogP contribution in [-0.2, 0) is 9.53 Å². The van der Waals surface area contributed by atoms with Gasteiger partial charge in [-0.2, -0.15) is 0 Å². The summed E-state index contributed by atoms with van der Waals surface area (Å²) in [6.07, 6.45) is 0.820. The Balaban J connectivity index is 2.32. The third-order valence-corrected chi connectivity index (χ3v) is 2.28. The van der Waals surface area contributed by atoms with Gasteiger partial charge in [-0.15, -0.1) is 0 Å². The molecule has 0 radical (unpaired) electrons. The minimum atomic E-state index is -0.227. The van der Waals surface area contributed by atoms with Crippen molar-refractivity contribution in [2.45, 2.75) is 13.3 Å². The van der Waals surface area contributed by atoms with Gasteiger partial charge in [-0.25, -0.2) is 0 Å². The Hall–Kier alpha value is -1.71. The number of nitrogens with zero attached hydrogens (tertiary/aromatic N) is 1. The van der Waals surface area contributed by atoms with E-state index in [1.54, 1.807) is 0 Å². The number of nitrogens with two attached hydrogens (primary N) is 1. The molecule has 1 aromatic rings. The predicted octanol–water partition coefficient (Wildman–Crippen LogP) is 1.66. The molecular weight excluding hydrogens is 204 g/mol. The number of rotatable bonds is 5. The fraction of sp³-hybridized carbons (Fsp3) is 0.417. The van der Waals surface area contributed by atoms with Crippen molar-refractivity contribution in [1.82, 2.24) is 0 Å². The molecule has 4 nitrogen and oxygen atoms in total. The van der Waals surface area contributed by atoms with Crippen molar-refractivity contribution in [3.63, 3.8) is 0 Å². The fourth-order valence-electron chi connectivity index (χ4n) is 1.38. The molecule has 0 heterocycles. The number of ether oxygens (including phenoxy) is 1. The molecular formula is C12H18N2O2. The van der Waals surface area contributed by atoms with Gasteiger partial charge in [0, 0.05) is 31.9 Å². The molecule has 2 N–H and O–H groups in total. The van der Waals surface area contributed by atoms with Crippen LogP contribution in [0, 0.1) is 0 Å². The van der Waals surface area contributed by atoms with Crippen molar-refractivity contribution in [3.8, 4) is 0 Å². The summed E-state index contributed by atoms with van der Waals surface area (Å²) in [4.78, 5) is 12.6. The van der Waals surface area contributed by atoms with E-state index in [0.29, 0.717) is 6.61 Å². The first-order chi connectivity index (χ1) is 7.59. The second-order valence-electron chi connectivity index (χ2n) is 3.71. The summed E-state index contributed by atoms with van der Waals surface area (Å²) in [5, 5.41) is 0. The minimum Gasteiger partial charge on any atom is -0.466 e. The number of hydrogen-bond donors (Lipinski definition) is 1. The number of hydrogen-bond acceptors (Lipinski definition) is 4. The molecule has 4 heteroatoms. The van der Waals surface area contributed by atoms with Gasteiger partial charge in [0.1, 0.15) is 0 Å². The van der Waals surface area contributed by atoms with Gasteiger partial charge in [0.2, 0.25) is 0 Å². The van der Waals surface area contributed by atoms with E-state index in [9.17, 15) is 4.79 Å². The Morgan fingerprint density at radius 1 is 1.38 bits per heavy atom. The van der Waals surface area contributed by atoms with Crippen LogP contribution in [0.4, 0.5) is 11.4 Å². The second-order valence-corrected chi connectivity index (χ2v) is 3.71. The lowest BCUT2D eigenvalue weighted by atomic mass is 10.2. The van der Waals surface area contributed by atoms with E-state index in [2.05, 4.69) is 4.90 Å². The van der Waals surface area contributed by atoms with Crippen LogP contribution in [0.5, 0.6) is 0 Å². The van der Waals surface area contributed by atoms with E-state index in [0.717, 1.165) is 24.3 Å². The van der Waals surface area contributed by atoms with Gasteiger partial charge < -0.3 is 15.4 Å². The van der Waals surface area contributed by atoms with Crippen molar-refractivity contribution >= 4 is 17.3 Å². The molecule has 0 aliphatic carbocycles. The molecule has 0 bridgehead atoms. The maximum atomic E-state index is 10.5. The summed E-state index contributed by atoms with van der Waals surface area (Å²) in [5.41, 5.74) is 7.48. The number of benzene rings is 1. The number of esters is 1. The van der Waals surface area contributed by atoms with Crippen LogP contribution in [0.25, 0.3) is 0 Å². The third-order valence-electron chi connectivity index (χ3n) is 2.28. The highest BCUT2D eigenvalue weighted by Gasteiger charge is 2.00. The molecule has 1 rings (SSSR count). The van der Waals surface area contributed by atoms with E-state index in [1.165, 1.54) is 6.92 Å². The summed E-state index contributed by atoms with van der Waals surface area (Å²) < 4.78 is 4.86. The van der Waals surface area contributed by atoms with E-state index >= 15 is 0 Å². The average Bonchev–Trinajstić information content (AvgIpc) is 2.25. The average molecular weight is 222 g/mol. The van der Waals surface area contributed by atoms with Crippen molar-refractivity contribution < 1.29 is 9.53 Å². The van der Waals surface area contributed by atoms with Crippen LogP contribution >= 0.6 is 0 Å². The lowest BCUT2D eigenvalue weighted by Crippen LogP contribution is -2.20. The molecule has 0 atom stereocenters. The Labute approximate surface area is 96.0 Å². The van der Waals surface area contributed by atoms with E-state index < -0.39 is 0 Å². The lowest BCUT2D eigenvalue weighted by Gasteiger charge is -2.19. The first kappa shape index (κ1) is 12.4. The van der Waals surface area contributed by atoms with Crippen molar-refractivity contribution in [3.05, 3.63) is 24.3 Å². The van der Waals surface area contributed by atoms with Gasteiger partial charge in [-0.05, 0) is 30.7 Å². The largest absolute Gasteiger partial charge is 0.466 e. The standard InChI is InChI=1S/C12H18N2O2/c1-10(15)16-9-3-8-14(2)12-6-4-11(13)5-7-12/h4-7H,3,8-9,13H2,1-2H3. The van der Waals surface area contributed by atoms with Crippen molar-refractivity contribution in [1.29, 1.82) is 0 Å². The summed E-state index contributed by atoms with van der Waals surface area (Å²) >= 11 is 0. The molecule has 0 amide bonds. The Morgan fingerprint density at radius 3 is 2.56 bits per heavy atom. The summed E-state index contributed by atoms with van der Waals surface area (Å²) in [6.45, 7) is 2.73. The zero-order valence-corrected chi connectivity index (χ0v) is 9.77. The molecule has 0 saturated carbocycles. The van der Waals surface area contributed by atoms with Gasteiger partial charge in [0.05, 0.1) is 6.61 Å². The molecule has 0 aliphatic rings. The number of carbonyl (C=O) groups excluding carboxylic acids is 1. The first-order valence-corrected chi connectivity index (χ1v) is 5.29. The van der Waals surface area contributed by atoms with Gasteiger partial charge in [-0.1, -0.05) is 0 Å². The third kappa shape index (κ3) is 4.21. The fourth-order valence-corrected chi connectivity index (χ4v) is 1.38. The molecule has 0 spiro atoms. The zero-order valence-electron chi connectivity index (χ0n) is 9.77.